The van der Waals surface area contributed by atoms with E-state index in [-0.39, 0.29) is 17.5 Å². The Balaban J connectivity index is 1.70. The van der Waals surface area contributed by atoms with E-state index in [0.29, 0.717) is 15.3 Å². The third kappa shape index (κ3) is 3.97. The van der Waals surface area contributed by atoms with Gasteiger partial charge in [0.25, 0.3) is 5.91 Å². The highest BCUT2D eigenvalue weighted by molar-refractivity contribution is 7.14. The second-order valence-corrected chi connectivity index (χ2v) is 6.87. The molecule has 2 heterocycles. The summed E-state index contributed by atoms with van der Waals surface area (Å²) in [6.07, 6.45) is 0. The molecule has 24 heavy (non-hydrogen) atoms. The number of benzene rings is 1. The molecule has 0 aliphatic rings. The first-order chi connectivity index (χ1) is 11.5. The SMILES string of the molecule is CC(=O)Nc1nc(C(=O)Nc2nc(-c3ccc(Cl)cc3)cs2)cs1. The molecule has 0 radical (unpaired) electrons. The number of anilines is 2. The zero-order valence-corrected chi connectivity index (χ0v) is 14.8. The molecule has 0 fully saturated rings. The van der Waals surface area contributed by atoms with E-state index in [1.807, 2.05) is 17.5 Å². The number of halogens is 1. The molecule has 3 rings (SSSR count). The average Bonchev–Trinajstić information content (AvgIpc) is 3.17. The second-order valence-electron chi connectivity index (χ2n) is 4.72. The fourth-order valence-corrected chi connectivity index (χ4v) is 3.41. The lowest BCUT2D eigenvalue weighted by Gasteiger charge is -1.99. The molecule has 9 heteroatoms. The number of hydrogen-bond donors (Lipinski definition) is 2. The van der Waals surface area contributed by atoms with E-state index in [1.54, 1.807) is 17.5 Å². The predicted molar refractivity (Wildman–Crippen MR) is 96.9 cm³/mol. The Morgan fingerprint density at radius 1 is 1.00 bits per heavy atom. The van der Waals surface area contributed by atoms with Crippen molar-refractivity contribution in [3.8, 4) is 11.3 Å². The number of carbonyl (C=O) groups excluding carboxylic acids is 2. The maximum atomic E-state index is 12.2. The van der Waals surface area contributed by atoms with Crippen molar-refractivity contribution in [1.29, 1.82) is 0 Å². The van der Waals surface area contributed by atoms with Crippen LogP contribution in [-0.2, 0) is 4.79 Å². The first-order valence-corrected chi connectivity index (χ1v) is 8.91. The number of rotatable bonds is 4. The fourth-order valence-electron chi connectivity index (χ4n) is 1.83. The molecule has 1 aromatic carbocycles. The van der Waals surface area contributed by atoms with E-state index >= 15 is 0 Å². The van der Waals surface area contributed by atoms with E-state index < -0.39 is 0 Å². The van der Waals surface area contributed by atoms with Crippen molar-refractivity contribution in [3.63, 3.8) is 0 Å². The van der Waals surface area contributed by atoms with Crippen molar-refractivity contribution in [2.24, 2.45) is 0 Å². The van der Waals surface area contributed by atoms with Crippen LogP contribution >= 0.6 is 34.3 Å². The fraction of sp³-hybridized carbons (Fsp3) is 0.0667. The van der Waals surface area contributed by atoms with Gasteiger partial charge in [-0.3, -0.25) is 14.9 Å². The molecule has 2 N–H and O–H groups in total. The summed E-state index contributed by atoms with van der Waals surface area (Å²) in [5.41, 5.74) is 1.90. The van der Waals surface area contributed by atoms with Crippen LogP contribution in [-0.4, -0.2) is 21.8 Å². The van der Waals surface area contributed by atoms with E-state index in [9.17, 15) is 9.59 Å². The van der Waals surface area contributed by atoms with Gasteiger partial charge in [-0.05, 0) is 12.1 Å². The van der Waals surface area contributed by atoms with E-state index in [0.717, 1.165) is 11.3 Å². The van der Waals surface area contributed by atoms with Gasteiger partial charge < -0.3 is 5.32 Å². The Bertz CT molecular complexity index is 889. The average molecular weight is 379 g/mol. The lowest BCUT2D eigenvalue weighted by molar-refractivity contribution is -0.114. The maximum absolute atomic E-state index is 12.2. The molecular weight excluding hydrogens is 368 g/mol. The van der Waals surface area contributed by atoms with Crippen molar-refractivity contribution in [3.05, 3.63) is 45.7 Å². The number of hydrogen-bond acceptors (Lipinski definition) is 6. The molecule has 0 saturated heterocycles. The number of nitrogens with zero attached hydrogens (tertiary/aromatic N) is 2. The summed E-state index contributed by atoms with van der Waals surface area (Å²) in [6, 6.07) is 7.30. The van der Waals surface area contributed by atoms with Crippen LogP contribution in [0.2, 0.25) is 5.02 Å². The zero-order chi connectivity index (χ0) is 17.1. The first kappa shape index (κ1) is 16.6. The summed E-state index contributed by atoms with van der Waals surface area (Å²) in [4.78, 5) is 31.6. The molecule has 0 unspecified atom stereocenters. The summed E-state index contributed by atoms with van der Waals surface area (Å²) in [7, 11) is 0. The summed E-state index contributed by atoms with van der Waals surface area (Å²) >= 11 is 8.37. The molecule has 0 aliphatic heterocycles. The van der Waals surface area contributed by atoms with Gasteiger partial charge in [0, 0.05) is 28.3 Å². The zero-order valence-electron chi connectivity index (χ0n) is 12.4. The highest BCUT2D eigenvalue weighted by Crippen LogP contribution is 2.26. The summed E-state index contributed by atoms with van der Waals surface area (Å²) in [5.74, 6) is -0.608. The van der Waals surface area contributed by atoms with Gasteiger partial charge >= 0.3 is 0 Å². The Morgan fingerprint density at radius 2 is 1.67 bits per heavy atom. The number of carbonyl (C=O) groups is 2. The van der Waals surface area contributed by atoms with Gasteiger partial charge in [0.2, 0.25) is 5.91 Å². The standard InChI is InChI=1S/C15H11ClN4O2S2/c1-8(21)17-14-19-12(7-24-14)13(22)20-15-18-11(6-23-15)9-2-4-10(16)5-3-9/h2-7H,1H3,(H,17,19,21)(H,18,20,22). The third-order valence-electron chi connectivity index (χ3n) is 2.88. The first-order valence-electron chi connectivity index (χ1n) is 6.77. The molecule has 122 valence electrons. The molecule has 0 spiro atoms. The van der Waals surface area contributed by atoms with Crippen LogP contribution < -0.4 is 10.6 Å². The van der Waals surface area contributed by atoms with Gasteiger partial charge in [0.1, 0.15) is 5.69 Å². The van der Waals surface area contributed by atoms with Crippen LogP contribution in [0.3, 0.4) is 0 Å². The van der Waals surface area contributed by atoms with Gasteiger partial charge in [-0.25, -0.2) is 9.97 Å². The second kappa shape index (κ2) is 7.08. The van der Waals surface area contributed by atoms with Gasteiger partial charge in [-0.1, -0.05) is 23.7 Å². The van der Waals surface area contributed by atoms with Gasteiger partial charge in [0.15, 0.2) is 10.3 Å². The van der Waals surface area contributed by atoms with E-state index in [4.69, 9.17) is 11.6 Å². The van der Waals surface area contributed by atoms with Crippen molar-refractivity contribution < 1.29 is 9.59 Å². The molecule has 0 bridgehead atoms. The smallest absolute Gasteiger partial charge is 0.276 e. The Labute approximate surface area is 150 Å². The molecule has 0 atom stereocenters. The third-order valence-corrected chi connectivity index (χ3v) is 4.65. The highest BCUT2D eigenvalue weighted by Gasteiger charge is 2.14. The minimum atomic E-state index is -0.375. The lowest BCUT2D eigenvalue weighted by atomic mass is 10.2. The largest absolute Gasteiger partial charge is 0.302 e. The van der Waals surface area contributed by atoms with Gasteiger partial charge in [-0.2, -0.15) is 0 Å². The van der Waals surface area contributed by atoms with Crippen LogP contribution in [0.25, 0.3) is 11.3 Å². The minimum Gasteiger partial charge on any atom is -0.302 e. The summed E-state index contributed by atoms with van der Waals surface area (Å²) in [5, 5.41) is 10.2. The maximum Gasteiger partial charge on any atom is 0.276 e. The molecule has 2 amide bonds. The molecular formula is C15H11ClN4O2S2. The van der Waals surface area contributed by atoms with Crippen LogP contribution in [0.15, 0.2) is 35.0 Å². The molecule has 0 saturated carbocycles. The number of thiazole rings is 2. The predicted octanol–water partition coefficient (Wildman–Crippen LogP) is 4.13. The van der Waals surface area contributed by atoms with E-state index in [2.05, 4.69) is 20.6 Å². The number of aromatic nitrogens is 2. The summed E-state index contributed by atoms with van der Waals surface area (Å²) < 4.78 is 0. The highest BCUT2D eigenvalue weighted by atomic mass is 35.5. The van der Waals surface area contributed by atoms with Crippen molar-refractivity contribution in [2.45, 2.75) is 6.92 Å². The van der Waals surface area contributed by atoms with Crippen molar-refractivity contribution in [1.82, 2.24) is 9.97 Å². The van der Waals surface area contributed by atoms with Crippen LogP contribution in [0.1, 0.15) is 17.4 Å². The Morgan fingerprint density at radius 3 is 2.38 bits per heavy atom. The molecule has 2 aromatic heterocycles. The molecule has 0 aliphatic carbocycles. The van der Waals surface area contributed by atoms with Crippen LogP contribution in [0.4, 0.5) is 10.3 Å². The summed E-state index contributed by atoms with van der Waals surface area (Å²) in [6.45, 7) is 1.38. The number of nitrogens with one attached hydrogen (secondary N) is 2. The quantitative estimate of drug-likeness (QED) is 0.714. The van der Waals surface area contributed by atoms with Crippen LogP contribution in [0.5, 0.6) is 0 Å². The van der Waals surface area contributed by atoms with Crippen molar-refractivity contribution in [2.75, 3.05) is 10.6 Å². The number of amides is 2. The molecule has 6 nitrogen and oxygen atoms in total. The van der Waals surface area contributed by atoms with Crippen LogP contribution in [0, 0.1) is 0 Å². The Hall–Kier alpha value is -2.29. The van der Waals surface area contributed by atoms with Gasteiger partial charge in [-0.15, -0.1) is 22.7 Å². The minimum absolute atomic E-state index is 0.229. The monoisotopic (exact) mass is 378 g/mol. The Kier molecular flexibility index (Phi) is 4.89. The van der Waals surface area contributed by atoms with E-state index in [1.165, 1.54) is 29.6 Å². The lowest BCUT2D eigenvalue weighted by Crippen LogP contribution is -2.12. The topological polar surface area (TPSA) is 84.0 Å². The normalized spacial score (nSPS) is 10.4. The van der Waals surface area contributed by atoms with Crippen molar-refractivity contribution >= 4 is 56.4 Å². The molecule has 3 aromatic rings. The van der Waals surface area contributed by atoms with Gasteiger partial charge in [0.05, 0.1) is 5.69 Å².